The minimum absolute atomic E-state index is 0.0377. The molecule has 0 radical (unpaired) electrons. The van der Waals surface area contributed by atoms with Gasteiger partial charge in [-0.15, -0.1) is 0 Å². The normalized spacial score (nSPS) is 19.3. The molecule has 0 bridgehead atoms. The van der Waals surface area contributed by atoms with Crippen molar-refractivity contribution in [2.75, 3.05) is 5.73 Å². The highest BCUT2D eigenvalue weighted by molar-refractivity contribution is 7.89. The summed E-state index contributed by atoms with van der Waals surface area (Å²) < 4.78 is 43.7. The number of nitrogens with zero attached hydrogens (tertiary/aromatic N) is 2. The summed E-state index contributed by atoms with van der Waals surface area (Å²) in [6.45, 7) is 0. The molecule has 7 nitrogen and oxygen atoms in total. The van der Waals surface area contributed by atoms with Gasteiger partial charge in [0.05, 0.1) is 11.0 Å². The summed E-state index contributed by atoms with van der Waals surface area (Å²) in [5.74, 6) is -0.441. The average molecular weight is 443 g/mol. The molecule has 3 aromatic rings. The van der Waals surface area contributed by atoms with E-state index in [0.717, 1.165) is 12.8 Å². The minimum Gasteiger partial charge on any atom is -0.391 e. The highest BCUT2D eigenvalue weighted by atomic mass is 32.2. The van der Waals surface area contributed by atoms with Crippen LogP contribution in [0, 0.1) is 5.82 Å². The third-order valence-corrected chi connectivity index (χ3v) is 7.02. The number of hydrogen-bond donors (Lipinski definition) is 3. The van der Waals surface area contributed by atoms with Gasteiger partial charge >= 0.3 is 0 Å². The van der Waals surface area contributed by atoms with E-state index in [4.69, 9.17) is 5.73 Å². The quantitative estimate of drug-likeness (QED) is 0.559. The molecule has 2 aromatic carbocycles. The molecule has 31 heavy (non-hydrogen) atoms. The van der Waals surface area contributed by atoms with Crippen molar-refractivity contribution in [2.24, 2.45) is 0 Å². The molecule has 2 atom stereocenters. The molecule has 9 heteroatoms. The largest absolute Gasteiger partial charge is 0.391 e. The van der Waals surface area contributed by atoms with E-state index in [1.54, 1.807) is 30.3 Å². The van der Waals surface area contributed by atoms with Gasteiger partial charge in [0.2, 0.25) is 16.0 Å². The van der Waals surface area contributed by atoms with Gasteiger partial charge < -0.3 is 10.8 Å². The molecule has 1 saturated carbocycles. The van der Waals surface area contributed by atoms with E-state index >= 15 is 0 Å². The van der Waals surface area contributed by atoms with Gasteiger partial charge in [0.25, 0.3) is 0 Å². The SMILES string of the molecule is Nc1ncc(-c2ccc(-c3ccccc3S(=O)(=O)N[C@@H]3CCCC[C@@H]3O)cc2F)cn1. The molecule has 1 aromatic heterocycles. The zero-order valence-electron chi connectivity index (χ0n) is 16.7. The van der Waals surface area contributed by atoms with E-state index < -0.39 is 28.0 Å². The molecular formula is C22H23FN4O3S. The smallest absolute Gasteiger partial charge is 0.241 e. The van der Waals surface area contributed by atoms with Gasteiger partial charge in [-0.25, -0.2) is 27.5 Å². The van der Waals surface area contributed by atoms with Crippen LogP contribution in [0.15, 0.2) is 59.8 Å². The van der Waals surface area contributed by atoms with Crippen LogP contribution in [-0.2, 0) is 10.0 Å². The Morgan fingerprint density at radius 3 is 2.42 bits per heavy atom. The Hall–Kier alpha value is -2.88. The molecule has 1 heterocycles. The first-order chi connectivity index (χ1) is 14.8. The van der Waals surface area contributed by atoms with Crippen LogP contribution in [0.4, 0.5) is 10.3 Å². The lowest BCUT2D eigenvalue weighted by Crippen LogP contribution is -2.45. The predicted molar refractivity (Wildman–Crippen MR) is 116 cm³/mol. The number of benzene rings is 2. The molecule has 0 saturated heterocycles. The molecule has 0 aliphatic heterocycles. The maximum atomic E-state index is 14.9. The van der Waals surface area contributed by atoms with Gasteiger partial charge in [0.15, 0.2) is 0 Å². The zero-order valence-corrected chi connectivity index (χ0v) is 17.5. The summed E-state index contributed by atoms with van der Waals surface area (Å²) >= 11 is 0. The highest BCUT2D eigenvalue weighted by Gasteiger charge is 2.29. The summed E-state index contributed by atoms with van der Waals surface area (Å²) in [6, 6.07) is 10.4. The molecule has 1 fully saturated rings. The van der Waals surface area contributed by atoms with Crippen molar-refractivity contribution in [1.82, 2.24) is 14.7 Å². The Morgan fingerprint density at radius 2 is 1.71 bits per heavy atom. The van der Waals surface area contributed by atoms with Gasteiger partial charge in [-0.3, -0.25) is 0 Å². The Balaban J connectivity index is 1.68. The molecule has 0 unspecified atom stereocenters. The lowest BCUT2D eigenvalue weighted by Gasteiger charge is -2.28. The van der Waals surface area contributed by atoms with Crippen molar-refractivity contribution >= 4 is 16.0 Å². The fourth-order valence-corrected chi connectivity index (χ4v) is 5.38. The topological polar surface area (TPSA) is 118 Å². The standard InChI is InChI=1S/C22H23FN4O3S/c23-18-11-14(9-10-16(18)15-12-25-22(24)26-13-15)17-5-1-4-8-21(17)31(29,30)27-19-6-2-3-7-20(19)28/h1,4-5,8-13,19-20,27-28H,2-3,6-7H2,(H2,24,25,26)/t19-,20+/m1/s1. The number of aromatic nitrogens is 2. The van der Waals surface area contributed by atoms with Crippen molar-refractivity contribution in [3.63, 3.8) is 0 Å². The molecule has 0 amide bonds. The average Bonchev–Trinajstić information content (AvgIpc) is 2.76. The van der Waals surface area contributed by atoms with E-state index in [-0.39, 0.29) is 16.4 Å². The van der Waals surface area contributed by atoms with Crippen LogP contribution >= 0.6 is 0 Å². The number of halogens is 1. The van der Waals surface area contributed by atoms with E-state index in [9.17, 15) is 17.9 Å². The minimum atomic E-state index is -3.92. The molecular weight excluding hydrogens is 419 g/mol. The lowest BCUT2D eigenvalue weighted by atomic mass is 9.93. The van der Waals surface area contributed by atoms with E-state index in [2.05, 4.69) is 14.7 Å². The zero-order chi connectivity index (χ0) is 22.0. The third kappa shape index (κ3) is 4.58. The Kier molecular flexibility index (Phi) is 5.99. The van der Waals surface area contributed by atoms with Crippen molar-refractivity contribution in [1.29, 1.82) is 0 Å². The molecule has 162 valence electrons. The highest BCUT2D eigenvalue weighted by Crippen LogP contribution is 2.32. The maximum Gasteiger partial charge on any atom is 0.241 e. The van der Waals surface area contributed by atoms with Crippen LogP contribution in [0.2, 0.25) is 0 Å². The van der Waals surface area contributed by atoms with Gasteiger partial charge in [-0.1, -0.05) is 43.2 Å². The van der Waals surface area contributed by atoms with E-state index in [1.165, 1.54) is 24.5 Å². The lowest BCUT2D eigenvalue weighted by molar-refractivity contribution is 0.101. The van der Waals surface area contributed by atoms with Crippen LogP contribution in [0.25, 0.3) is 22.3 Å². The Labute approximate surface area is 180 Å². The van der Waals surface area contributed by atoms with Gasteiger partial charge in [0, 0.05) is 35.1 Å². The number of aliphatic hydroxyl groups excluding tert-OH is 1. The Morgan fingerprint density at radius 1 is 1.00 bits per heavy atom. The van der Waals surface area contributed by atoms with Crippen LogP contribution < -0.4 is 10.5 Å². The summed E-state index contributed by atoms with van der Waals surface area (Å²) in [5.41, 5.74) is 7.02. The van der Waals surface area contributed by atoms with Gasteiger partial charge in [-0.2, -0.15) is 0 Å². The van der Waals surface area contributed by atoms with Crippen LogP contribution in [0.1, 0.15) is 25.7 Å². The second-order valence-corrected chi connectivity index (χ2v) is 9.28. The number of sulfonamides is 1. The summed E-state index contributed by atoms with van der Waals surface area (Å²) in [4.78, 5) is 7.79. The first kappa shape index (κ1) is 21.4. The molecule has 0 spiro atoms. The van der Waals surface area contributed by atoms with Crippen LogP contribution in [0.5, 0.6) is 0 Å². The maximum absolute atomic E-state index is 14.9. The van der Waals surface area contributed by atoms with E-state index in [0.29, 0.717) is 29.5 Å². The summed E-state index contributed by atoms with van der Waals surface area (Å²) in [5, 5.41) is 10.2. The number of nitrogens with two attached hydrogens (primary N) is 1. The van der Waals surface area contributed by atoms with Gasteiger partial charge in [-0.05, 0) is 30.5 Å². The fraction of sp³-hybridized carbons (Fsp3) is 0.273. The van der Waals surface area contributed by atoms with E-state index in [1.807, 2.05) is 0 Å². The predicted octanol–water partition coefficient (Wildman–Crippen LogP) is 3.11. The van der Waals surface area contributed by atoms with Gasteiger partial charge in [0.1, 0.15) is 5.82 Å². The number of aliphatic hydroxyl groups is 1. The first-order valence-corrected chi connectivity index (χ1v) is 11.5. The van der Waals surface area contributed by atoms with Crippen molar-refractivity contribution in [2.45, 2.75) is 42.7 Å². The fourth-order valence-electron chi connectivity index (χ4n) is 3.84. The molecule has 1 aliphatic carbocycles. The third-order valence-electron chi connectivity index (χ3n) is 5.48. The second kappa shape index (κ2) is 8.70. The summed E-state index contributed by atoms with van der Waals surface area (Å²) in [7, 11) is -3.92. The van der Waals surface area contributed by atoms with Crippen molar-refractivity contribution < 1.29 is 17.9 Å². The number of rotatable bonds is 5. The first-order valence-electron chi connectivity index (χ1n) is 10.0. The van der Waals surface area contributed by atoms with Crippen LogP contribution in [0.3, 0.4) is 0 Å². The monoisotopic (exact) mass is 442 g/mol. The number of nitrogen functional groups attached to an aromatic ring is 1. The number of nitrogens with one attached hydrogen (secondary N) is 1. The molecule has 4 N–H and O–H groups in total. The molecule has 1 aliphatic rings. The number of anilines is 1. The van der Waals surface area contributed by atoms with Crippen molar-refractivity contribution in [3.8, 4) is 22.3 Å². The van der Waals surface area contributed by atoms with Crippen molar-refractivity contribution in [3.05, 3.63) is 60.7 Å². The summed E-state index contributed by atoms with van der Waals surface area (Å²) in [6.07, 6.45) is 5.02. The molecule has 4 rings (SSSR count). The number of hydrogen-bond acceptors (Lipinski definition) is 6. The second-order valence-electron chi connectivity index (χ2n) is 7.60. The Bertz CT molecular complexity index is 1190. The van der Waals surface area contributed by atoms with Crippen LogP contribution in [-0.4, -0.2) is 35.6 Å².